The van der Waals surface area contributed by atoms with Gasteiger partial charge in [0.2, 0.25) is 0 Å². The third-order valence-electron chi connectivity index (χ3n) is 3.38. The standard InChI is InChI=1S/C17H20N2O4S2/c1-11-18-13(9-24-11)10-25-14-5-3-12(4-6-14)16(20)19-15(17(21)22)7-8-23-2/h3-6,9,15H,7-8,10H2,1-2H3,(H,19,20)(H,21,22). The Labute approximate surface area is 154 Å². The predicted octanol–water partition coefficient (Wildman–Crippen LogP) is 2.96. The van der Waals surface area contributed by atoms with Crippen molar-refractivity contribution in [1.82, 2.24) is 10.3 Å². The van der Waals surface area contributed by atoms with Gasteiger partial charge in [0, 0.05) is 41.7 Å². The molecule has 2 N–H and O–H groups in total. The van der Waals surface area contributed by atoms with E-state index in [1.165, 1.54) is 7.11 Å². The molecule has 0 saturated heterocycles. The number of benzene rings is 1. The number of hydrogen-bond acceptors (Lipinski definition) is 6. The van der Waals surface area contributed by atoms with Gasteiger partial charge < -0.3 is 15.2 Å². The third-order valence-corrected chi connectivity index (χ3v) is 5.25. The number of carboxylic acid groups (broad SMARTS) is 1. The van der Waals surface area contributed by atoms with E-state index in [4.69, 9.17) is 9.84 Å². The summed E-state index contributed by atoms with van der Waals surface area (Å²) >= 11 is 3.26. The number of aryl methyl sites for hydroxylation is 1. The number of nitrogens with one attached hydrogen (secondary N) is 1. The molecular formula is C17H20N2O4S2. The number of thiazole rings is 1. The van der Waals surface area contributed by atoms with Crippen LogP contribution in [0.2, 0.25) is 0 Å². The van der Waals surface area contributed by atoms with Crippen molar-refractivity contribution in [2.24, 2.45) is 0 Å². The highest BCUT2D eigenvalue weighted by atomic mass is 32.2. The van der Waals surface area contributed by atoms with Crippen LogP contribution >= 0.6 is 23.1 Å². The third kappa shape index (κ3) is 6.15. The molecule has 1 atom stereocenters. The summed E-state index contributed by atoms with van der Waals surface area (Å²) in [6.45, 7) is 2.24. The number of amides is 1. The van der Waals surface area contributed by atoms with Gasteiger partial charge in [-0.3, -0.25) is 4.79 Å². The van der Waals surface area contributed by atoms with Gasteiger partial charge in [-0.1, -0.05) is 0 Å². The van der Waals surface area contributed by atoms with Gasteiger partial charge in [0.1, 0.15) is 6.04 Å². The second-order valence-corrected chi connectivity index (χ2v) is 7.43. The molecule has 0 bridgehead atoms. The Morgan fingerprint density at radius 2 is 2.08 bits per heavy atom. The molecule has 0 aliphatic rings. The molecule has 2 rings (SSSR count). The number of hydrogen-bond donors (Lipinski definition) is 2. The molecule has 0 fully saturated rings. The van der Waals surface area contributed by atoms with Gasteiger partial charge in [-0.2, -0.15) is 0 Å². The number of rotatable bonds is 9. The molecule has 1 unspecified atom stereocenters. The van der Waals surface area contributed by atoms with Crippen LogP contribution in [0.1, 0.15) is 27.5 Å². The van der Waals surface area contributed by atoms with Crippen LogP contribution in [0.3, 0.4) is 0 Å². The fourth-order valence-corrected chi connectivity index (χ4v) is 3.58. The lowest BCUT2D eigenvalue weighted by molar-refractivity contribution is -0.139. The number of thioether (sulfide) groups is 1. The summed E-state index contributed by atoms with van der Waals surface area (Å²) in [7, 11) is 1.49. The molecule has 134 valence electrons. The van der Waals surface area contributed by atoms with E-state index < -0.39 is 17.9 Å². The number of ether oxygens (including phenoxy) is 1. The first-order valence-electron chi connectivity index (χ1n) is 7.66. The smallest absolute Gasteiger partial charge is 0.326 e. The number of carbonyl (C=O) groups excluding carboxylic acids is 1. The van der Waals surface area contributed by atoms with Crippen LogP contribution in [0.5, 0.6) is 0 Å². The molecule has 0 radical (unpaired) electrons. The van der Waals surface area contributed by atoms with E-state index in [9.17, 15) is 9.59 Å². The molecule has 0 aliphatic carbocycles. The lowest BCUT2D eigenvalue weighted by Crippen LogP contribution is -2.41. The minimum Gasteiger partial charge on any atom is -0.480 e. The fraction of sp³-hybridized carbons (Fsp3) is 0.353. The number of carboxylic acids is 1. The maximum atomic E-state index is 12.2. The molecule has 1 amide bonds. The van der Waals surface area contributed by atoms with Crippen LogP contribution in [0.15, 0.2) is 34.5 Å². The molecule has 1 aromatic heterocycles. The Morgan fingerprint density at radius 3 is 2.64 bits per heavy atom. The number of aliphatic carboxylic acids is 1. The van der Waals surface area contributed by atoms with Crippen molar-refractivity contribution in [2.45, 2.75) is 30.0 Å². The van der Waals surface area contributed by atoms with Crippen molar-refractivity contribution in [1.29, 1.82) is 0 Å². The number of aromatic nitrogens is 1. The lowest BCUT2D eigenvalue weighted by atomic mass is 10.1. The Hall–Kier alpha value is -1.90. The summed E-state index contributed by atoms with van der Waals surface area (Å²) in [5.41, 5.74) is 1.47. The maximum absolute atomic E-state index is 12.2. The SMILES string of the molecule is COCCC(NC(=O)c1ccc(SCc2csc(C)n2)cc1)C(=O)O. The topological polar surface area (TPSA) is 88.5 Å². The Balaban J connectivity index is 1.91. The summed E-state index contributed by atoms with van der Waals surface area (Å²) in [5.74, 6) is -0.708. The summed E-state index contributed by atoms with van der Waals surface area (Å²) in [6.07, 6.45) is 0.221. The average molecular weight is 380 g/mol. The molecule has 0 saturated carbocycles. The molecule has 2 aromatic rings. The van der Waals surface area contributed by atoms with Gasteiger partial charge in [0.15, 0.2) is 0 Å². The van der Waals surface area contributed by atoms with Crippen molar-refractivity contribution < 1.29 is 19.4 Å². The first kappa shape index (κ1) is 19.4. The van der Waals surface area contributed by atoms with Gasteiger partial charge in [0.05, 0.1) is 10.7 Å². The van der Waals surface area contributed by atoms with E-state index in [1.807, 2.05) is 24.4 Å². The van der Waals surface area contributed by atoms with Crippen LogP contribution in [-0.2, 0) is 15.3 Å². The van der Waals surface area contributed by atoms with Gasteiger partial charge in [-0.25, -0.2) is 9.78 Å². The van der Waals surface area contributed by atoms with Gasteiger partial charge in [-0.05, 0) is 31.2 Å². The zero-order chi connectivity index (χ0) is 18.2. The van der Waals surface area contributed by atoms with Crippen LogP contribution in [0, 0.1) is 6.92 Å². The highest BCUT2D eigenvalue weighted by Gasteiger charge is 2.20. The quantitative estimate of drug-likeness (QED) is 0.650. The van der Waals surface area contributed by atoms with Gasteiger partial charge in [-0.15, -0.1) is 23.1 Å². The second-order valence-electron chi connectivity index (χ2n) is 5.32. The first-order valence-corrected chi connectivity index (χ1v) is 9.52. The number of carbonyl (C=O) groups is 2. The van der Waals surface area contributed by atoms with E-state index in [0.717, 1.165) is 21.3 Å². The minimum atomic E-state index is -1.07. The van der Waals surface area contributed by atoms with E-state index in [-0.39, 0.29) is 13.0 Å². The van der Waals surface area contributed by atoms with Crippen molar-refractivity contribution in [3.8, 4) is 0 Å². The average Bonchev–Trinajstić information content (AvgIpc) is 3.02. The monoisotopic (exact) mass is 380 g/mol. The molecule has 1 heterocycles. The molecule has 8 heteroatoms. The summed E-state index contributed by atoms with van der Waals surface area (Å²) in [6, 6.07) is 6.13. The van der Waals surface area contributed by atoms with Gasteiger partial charge >= 0.3 is 5.97 Å². The largest absolute Gasteiger partial charge is 0.480 e. The molecular weight excluding hydrogens is 360 g/mol. The first-order chi connectivity index (χ1) is 12.0. The van der Waals surface area contributed by atoms with Crippen molar-refractivity contribution >= 4 is 35.0 Å². The van der Waals surface area contributed by atoms with E-state index >= 15 is 0 Å². The number of methoxy groups -OCH3 is 1. The molecule has 25 heavy (non-hydrogen) atoms. The van der Waals surface area contributed by atoms with Crippen molar-refractivity contribution in [3.05, 3.63) is 45.9 Å². The second kappa shape index (κ2) is 9.55. The zero-order valence-corrected chi connectivity index (χ0v) is 15.7. The van der Waals surface area contributed by atoms with Crippen molar-refractivity contribution in [2.75, 3.05) is 13.7 Å². The fourth-order valence-electron chi connectivity index (χ4n) is 2.07. The summed E-state index contributed by atoms with van der Waals surface area (Å²) < 4.78 is 4.87. The zero-order valence-electron chi connectivity index (χ0n) is 14.0. The molecule has 0 spiro atoms. The summed E-state index contributed by atoms with van der Waals surface area (Å²) in [4.78, 5) is 28.8. The predicted molar refractivity (Wildman–Crippen MR) is 98.2 cm³/mol. The van der Waals surface area contributed by atoms with Crippen LogP contribution in [-0.4, -0.2) is 41.7 Å². The normalized spacial score (nSPS) is 11.9. The Bertz CT molecular complexity index is 716. The minimum absolute atomic E-state index is 0.221. The lowest BCUT2D eigenvalue weighted by Gasteiger charge is -2.14. The van der Waals surface area contributed by atoms with Gasteiger partial charge in [0.25, 0.3) is 5.91 Å². The van der Waals surface area contributed by atoms with Crippen LogP contribution < -0.4 is 5.32 Å². The van der Waals surface area contributed by atoms with E-state index in [1.54, 1.807) is 35.2 Å². The number of nitrogens with zero attached hydrogens (tertiary/aromatic N) is 1. The van der Waals surface area contributed by atoms with Crippen molar-refractivity contribution in [3.63, 3.8) is 0 Å². The highest BCUT2D eigenvalue weighted by Crippen LogP contribution is 2.23. The van der Waals surface area contributed by atoms with E-state index in [2.05, 4.69) is 10.3 Å². The summed E-state index contributed by atoms with van der Waals surface area (Å²) in [5, 5.41) is 14.7. The van der Waals surface area contributed by atoms with Crippen LogP contribution in [0.25, 0.3) is 0 Å². The highest BCUT2D eigenvalue weighted by molar-refractivity contribution is 7.98. The van der Waals surface area contributed by atoms with E-state index in [0.29, 0.717) is 5.56 Å². The Morgan fingerprint density at radius 1 is 1.36 bits per heavy atom. The molecule has 6 nitrogen and oxygen atoms in total. The van der Waals surface area contributed by atoms with Crippen LogP contribution in [0.4, 0.5) is 0 Å². The maximum Gasteiger partial charge on any atom is 0.326 e. The molecule has 1 aromatic carbocycles. The molecule has 0 aliphatic heterocycles. The Kier molecular flexibility index (Phi) is 7.42.